The van der Waals surface area contributed by atoms with Crippen LogP contribution in [0.4, 0.5) is 0 Å². The third kappa shape index (κ3) is 4.44. The molecule has 0 radical (unpaired) electrons. The standard InChI is InChI=1S/C10H22O4Si/c1-8(2)7-14-15-10(12-5,13-6)9(3)11-4/h9H,1,7,15H2,2-6H3. The highest BCUT2D eigenvalue weighted by Crippen LogP contribution is 2.18. The number of rotatable bonds is 8. The van der Waals surface area contributed by atoms with Gasteiger partial charge in [-0.15, -0.1) is 0 Å². The van der Waals surface area contributed by atoms with Gasteiger partial charge in [0.05, 0.1) is 6.61 Å². The molecule has 90 valence electrons. The third-order valence-corrected chi connectivity index (χ3v) is 4.28. The van der Waals surface area contributed by atoms with Crippen LogP contribution >= 0.6 is 0 Å². The number of methoxy groups -OCH3 is 3. The average Bonchev–Trinajstić information content (AvgIpc) is 2.23. The van der Waals surface area contributed by atoms with Crippen LogP contribution < -0.4 is 0 Å². The lowest BCUT2D eigenvalue weighted by Gasteiger charge is -2.34. The highest BCUT2D eigenvalue weighted by Gasteiger charge is 2.38. The van der Waals surface area contributed by atoms with E-state index in [-0.39, 0.29) is 6.10 Å². The molecule has 0 N–H and O–H groups in total. The summed E-state index contributed by atoms with van der Waals surface area (Å²) in [6.45, 7) is 8.16. The molecule has 4 nitrogen and oxygen atoms in total. The monoisotopic (exact) mass is 234 g/mol. The van der Waals surface area contributed by atoms with Crippen LogP contribution in [0.2, 0.25) is 0 Å². The van der Waals surface area contributed by atoms with Crippen molar-refractivity contribution in [3.05, 3.63) is 12.2 Å². The summed E-state index contributed by atoms with van der Waals surface area (Å²) in [7, 11) is 3.83. The van der Waals surface area contributed by atoms with Gasteiger partial charge in [0.25, 0.3) is 0 Å². The van der Waals surface area contributed by atoms with Crippen molar-refractivity contribution in [1.82, 2.24) is 0 Å². The summed E-state index contributed by atoms with van der Waals surface area (Å²) in [6, 6.07) is 0. The van der Waals surface area contributed by atoms with Crippen LogP contribution in [-0.2, 0) is 18.6 Å². The molecule has 0 amide bonds. The molecule has 0 aliphatic rings. The summed E-state index contributed by atoms with van der Waals surface area (Å²) in [5.74, 6) is 0. The first-order valence-electron chi connectivity index (χ1n) is 4.87. The molecular weight excluding hydrogens is 212 g/mol. The quantitative estimate of drug-likeness (QED) is 0.351. The molecule has 5 heteroatoms. The van der Waals surface area contributed by atoms with Crippen LogP contribution in [0, 0.1) is 0 Å². The highest BCUT2D eigenvalue weighted by molar-refractivity contribution is 6.31. The molecule has 1 unspecified atom stereocenters. The predicted octanol–water partition coefficient (Wildman–Crippen LogP) is 0.644. The van der Waals surface area contributed by atoms with Crippen molar-refractivity contribution in [3.63, 3.8) is 0 Å². The molecule has 1 atom stereocenters. The number of hydrogen-bond donors (Lipinski definition) is 0. The van der Waals surface area contributed by atoms with Crippen molar-refractivity contribution in [2.75, 3.05) is 27.9 Å². The molecule has 0 heterocycles. The van der Waals surface area contributed by atoms with Crippen molar-refractivity contribution < 1.29 is 18.6 Å². The molecule has 0 spiro atoms. The van der Waals surface area contributed by atoms with Crippen LogP contribution in [0.15, 0.2) is 12.2 Å². The maximum atomic E-state index is 5.57. The average molecular weight is 234 g/mol. The molecule has 0 saturated carbocycles. The van der Waals surface area contributed by atoms with E-state index in [4.69, 9.17) is 18.6 Å². The predicted molar refractivity (Wildman–Crippen MR) is 62.5 cm³/mol. The summed E-state index contributed by atoms with van der Waals surface area (Å²) in [6.07, 6.45) is -0.149. The second kappa shape index (κ2) is 7.13. The van der Waals surface area contributed by atoms with E-state index in [2.05, 4.69) is 6.58 Å². The Morgan fingerprint density at radius 2 is 1.87 bits per heavy atom. The molecule has 0 aromatic rings. The van der Waals surface area contributed by atoms with Crippen LogP contribution in [0.25, 0.3) is 0 Å². The molecule has 0 aromatic carbocycles. The second-order valence-corrected chi connectivity index (χ2v) is 5.23. The minimum absolute atomic E-state index is 0.149. The van der Waals surface area contributed by atoms with Gasteiger partial charge in [-0.3, -0.25) is 0 Å². The molecule has 0 aromatic heterocycles. The summed E-state index contributed by atoms with van der Waals surface area (Å²) in [4.78, 5) is 0. The number of hydrogen-bond acceptors (Lipinski definition) is 4. The van der Waals surface area contributed by atoms with Crippen LogP contribution in [0.3, 0.4) is 0 Å². The first-order chi connectivity index (χ1) is 7.02. The van der Waals surface area contributed by atoms with E-state index in [1.54, 1.807) is 21.3 Å². The fourth-order valence-corrected chi connectivity index (χ4v) is 2.57. The molecule has 0 rings (SSSR count). The van der Waals surface area contributed by atoms with Crippen molar-refractivity contribution in [1.29, 1.82) is 0 Å². The van der Waals surface area contributed by atoms with Gasteiger partial charge in [-0.05, 0) is 13.8 Å². The van der Waals surface area contributed by atoms with Gasteiger partial charge in [0.1, 0.15) is 6.10 Å². The summed E-state index contributed by atoms with van der Waals surface area (Å²) in [5, 5.41) is 0. The Morgan fingerprint density at radius 3 is 2.20 bits per heavy atom. The Morgan fingerprint density at radius 1 is 1.33 bits per heavy atom. The first-order valence-corrected chi connectivity index (χ1v) is 6.16. The molecular formula is C10H22O4Si. The van der Waals surface area contributed by atoms with Crippen molar-refractivity contribution in [2.24, 2.45) is 0 Å². The highest BCUT2D eigenvalue weighted by atomic mass is 28.2. The maximum absolute atomic E-state index is 5.57. The fourth-order valence-electron chi connectivity index (χ4n) is 1.20. The Bertz CT molecular complexity index is 192. The minimum atomic E-state index is -1.01. The Kier molecular flexibility index (Phi) is 7.04. The van der Waals surface area contributed by atoms with Gasteiger partial charge in [0, 0.05) is 21.3 Å². The lowest BCUT2D eigenvalue weighted by molar-refractivity contribution is -0.211. The minimum Gasteiger partial charge on any atom is -0.414 e. The zero-order valence-corrected chi connectivity index (χ0v) is 11.7. The van der Waals surface area contributed by atoms with Gasteiger partial charge < -0.3 is 18.6 Å². The zero-order chi connectivity index (χ0) is 11.9. The Balaban J connectivity index is 4.30. The smallest absolute Gasteiger partial charge is 0.231 e. The molecule has 0 aliphatic heterocycles. The largest absolute Gasteiger partial charge is 0.414 e. The van der Waals surface area contributed by atoms with Crippen molar-refractivity contribution >= 4 is 9.76 Å². The second-order valence-electron chi connectivity index (χ2n) is 3.55. The normalized spacial score (nSPS) is 14.7. The molecule has 0 saturated heterocycles. The lowest BCUT2D eigenvalue weighted by Crippen LogP contribution is -2.51. The van der Waals surface area contributed by atoms with E-state index in [1.165, 1.54) is 0 Å². The molecule has 15 heavy (non-hydrogen) atoms. The van der Waals surface area contributed by atoms with E-state index in [9.17, 15) is 0 Å². The molecule has 0 fully saturated rings. The van der Waals surface area contributed by atoms with Gasteiger partial charge in [-0.1, -0.05) is 12.2 Å². The van der Waals surface area contributed by atoms with Gasteiger partial charge in [0.15, 0.2) is 5.41 Å². The van der Waals surface area contributed by atoms with Crippen LogP contribution in [-0.4, -0.2) is 49.2 Å². The molecule has 0 bridgehead atoms. The van der Waals surface area contributed by atoms with Gasteiger partial charge in [-0.25, -0.2) is 0 Å². The first kappa shape index (κ1) is 14.8. The van der Waals surface area contributed by atoms with Crippen molar-refractivity contribution in [2.45, 2.75) is 25.4 Å². The van der Waals surface area contributed by atoms with E-state index in [0.717, 1.165) is 5.57 Å². The third-order valence-electron chi connectivity index (χ3n) is 2.32. The topological polar surface area (TPSA) is 36.9 Å². The summed E-state index contributed by atoms with van der Waals surface area (Å²) in [5.41, 5.74) is 0.276. The lowest BCUT2D eigenvalue weighted by atomic mass is 10.4. The van der Waals surface area contributed by atoms with Crippen molar-refractivity contribution in [3.8, 4) is 0 Å². The van der Waals surface area contributed by atoms with E-state index in [0.29, 0.717) is 6.61 Å². The number of ether oxygens (including phenoxy) is 3. The summed E-state index contributed by atoms with van der Waals surface area (Å²) >= 11 is 0. The SMILES string of the molecule is C=C(C)CO[SiH2]C(OC)(OC)C(C)OC. The van der Waals surface area contributed by atoms with Gasteiger partial charge in [-0.2, -0.15) is 0 Å². The Hall–Kier alpha value is -0.203. The van der Waals surface area contributed by atoms with Gasteiger partial charge >= 0.3 is 0 Å². The Labute approximate surface area is 94.5 Å². The van der Waals surface area contributed by atoms with Crippen LogP contribution in [0.1, 0.15) is 13.8 Å². The zero-order valence-electron chi connectivity index (χ0n) is 10.3. The molecule has 0 aliphatic carbocycles. The van der Waals surface area contributed by atoms with Gasteiger partial charge in [0.2, 0.25) is 9.76 Å². The van der Waals surface area contributed by atoms with E-state index < -0.39 is 15.2 Å². The fraction of sp³-hybridized carbons (Fsp3) is 0.800. The van der Waals surface area contributed by atoms with E-state index in [1.807, 2.05) is 13.8 Å². The summed E-state index contributed by atoms with van der Waals surface area (Å²) < 4.78 is 21.6. The van der Waals surface area contributed by atoms with E-state index >= 15 is 0 Å². The maximum Gasteiger partial charge on any atom is 0.231 e. The van der Waals surface area contributed by atoms with Crippen LogP contribution in [0.5, 0.6) is 0 Å².